The molecule has 0 fully saturated rings. The average molecular weight is 177 g/mol. The SMILES string of the molecule is CC.Nc1ccc(O)c2c1CC=C2. The summed E-state index contributed by atoms with van der Waals surface area (Å²) < 4.78 is 0. The highest BCUT2D eigenvalue weighted by molar-refractivity contribution is 5.72. The molecule has 1 aliphatic carbocycles. The van der Waals surface area contributed by atoms with Crippen molar-refractivity contribution in [3.63, 3.8) is 0 Å². The molecule has 3 N–H and O–H groups in total. The summed E-state index contributed by atoms with van der Waals surface area (Å²) in [6.07, 6.45) is 4.75. The van der Waals surface area contributed by atoms with Crippen molar-refractivity contribution >= 4 is 11.8 Å². The standard InChI is InChI=1S/C9H9NO.C2H6/c10-8-4-5-9(11)7-3-1-2-6(7)8;1-2/h1,3-5,11H,2,10H2;1-2H3. The van der Waals surface area contributed by atoms with Crippen molar-refractivity contribution in [3.8, 4) is 5.75 Å². The minimum Gasteiger partial charge on any atom is -0.507 e. The van der Waals surface area contributed by atoms with Gasteiger partial charge in [0.15, 0.2) is 0 Å². The number of hydrogen-bond donors (Lipinski definition) is 2. The largest absolute Gasteiger partial charge is 0.507 e. The van der Waals surface area contributed by atoms with E-state index < -0.39 is 0 Å². The minimum atomic E-state index is 0.322. The van der Waals surface area contributed by atoms with Crippen molar-refractivity contribution < 1.29 is 5.11 Å². The number of nitrogen functional groups attached to an aromatic ring is 1. The fourth-order valence-electron chi connectivity index (χ4n) is 1.38. The van der Waals surface area contributed by atoms with E-state index in [2.05, 4.69) is 0 Å². The van der Waals surface area contributed by atoms with E-state index in [0.29, 0.717) is 5.75 Å². The number of phenols is 1. The molecule has 0 spiro atoms. The van der Waals surface area contributed by atoms with Crippen LogP contribution in [-0.2, 0) is 6.42 Å². The lowest BCUT2D eigenvalue weighted by Gasteiger charge is -2.04. The molecule has 0 aliphatic heterocycles. The van der Waals surface area contributed by atoms with Crippen LogP contribution in [0.5, 0.6) is 5.75 Å². The number of hydrogen-bond acceptors (Lipinski definition) is 2. The highest BCUT2D eigenvalue weighted by Crippen LogP contribution is 2.31. The number of rotatable bonds is 0. The molecule has 0 saturated heterocycles. The summed E-state index contributed by atoms with van der Waals surface area (Å²) in [7, 11) is 0. The summed E-state index contributed by atoms with van der Waals surface area (Å²) >= 11 is 0. The molecule has 0 radical (unpaired) electrons. The number of anilines is 1. The minimum absolute atomic E-state index is 0.322. The molecule has 2 rings (SSSR count). The van der Waals surface area contributed by atoms with Gasteiger partial charge in [-0.05, 0) is 24.1 Å². The number of aromatic hydroxyl groups is 1. The fourth-order valence-corrected chi connectivity index (χ4v) is 1.38. The molecule has 0 aromatic heterocycles. The zero-order valence-corrected chi connectivity index (χ0v) is 8.04. The Morgan fingerprint density at radius 2 is 2.00 bits per heavy atom. The Morgan fingerprint density at radius 3 is 2.62 bits per heavy atom. The lowest BCUT2D eigenvalue weighted by atomic mass is 10.1. The van der Waals surface area contributed by atoms with E-state index in [1.54, 1.807) is 12.1 Å². The van der Waals surface area contributed by atoms with E-state index >= 15 is 0 Å². The molecule has 13 heavy (non-hydrogen) atoms. The molecule has 0 amide bonds. The van der Waals surface area contributed by atoms with Gasteiger partial charge in [0, 0.05) is 11.3 Å². The van der Waals surface area contributed by atoms with Crippen LogP contribution in [0.4, 0.5) is 5.69 Å². The van der Waals surface area contributed by atoms with Gasteiger partial charge in [0.25, 0.3) is 0 Å². The van der Waals surface area contributed by atoms with Gasteiger partial charge < -0.3 is 10.8 Å². The summed E-state index contributed by atoms with van der Waals surface area (Å²) in [6, 6.07) is 3.37. The highest BCUT2D eigenvalue weighted by atomic mass is 16.3. The first kappa shape index (κ1) is 9.65. The maximum atomic E-state index is 9.35. The summed E-state index contributed by atoms with van der Waals surface area (Å²) in [4.78, 5) is 0. The van der Waals surface area contributed by atoms with Gasteiger partial charge in [-0.25, -0.2) is 0 Å². The van der Waals surface area contributed by atoms with E-state index in [4.69, 9.17) is 5.73 Å². The Labute approximate surface area is 78.7 Å². The van der Waals surface area contributed by atoms with Crippen LogP contribution in [0.2, 0.25) is 0 Å². The molecule has 1 aliphatic rings. The second kappa shape index (κ2) is 3.99. The Balaban J connectivity index is 0.000000396. The molecule has 1 aromatic rings. The number of nitrogens with two attached hydrogens (primary N) is 1. The first-order chi connectivity index (χ1) is 6.29. The number of phenolic OH excluding ortho intramolecular Hbond substituents is 1. The highest BCUT2D eigenvalue weighted by Gasteiger charge is 2.11. The molecule has 2 nitrogen and oxygen atoms in total. The number of benzene rings is 1. The Bertz CT molecular complexity index is 329. The molecular formula is C11H15NO. The monoisotopic (exact) mass is 177 g/mol. The summed E-state index contributed by atoms with van der Waals surface area (Å²) in [5.41, 5.74) is 8.38. The summed E-state index contributed by atoms with van der Waals surface area (Å²) in [5, 5.41) is 9.35. The van der Waals surface area contributed by atoms with E-state index in [0.717, 1.165) is 23.2 Å². The number of allylic oxidation sites excluding steroid dienone is 1. The van der Waals surface area contributed by atoms with Gasteiger partial charge >= 0.3 is 0 Å². The van der Waals surface area contributed by atoms with Gasteiger partial charge in [-0.2, -0.15) is 0 Å². The predicted molar refractivity (Wildman–Crippen MR) is 56.6 cm³/mol. The van der Waals surface area contributed by atoms with Crippen LogP contribution in [0, 0.1) is 0 Å². The fraction of sp³-hybridized carbons (Fsp3) is 0.273. The Hall–Kier alpha value is -1.44. The second-order valence-corrected chi connectivity index (χ2v) is 2.67. The topological polar surface area (TPSA) is 46.2 Å². The van der Waals surface area contributed by atoms with Crippen LogP contribution in [0.1, 0.15) is 25.0 Å². The van der Waals surface area contributed by atoms with Gasteiger partial charge in [0.05, 0.1) is 0 Å². The first-order valence-corrected chi connectivity index (χ1v) is 4.56. The number of fused-ring (bicyclic) bond motifs is 1. The lowest BCUT2D eigenvalue weighted by molar-refractivity contribution is 0.474. The first-order valence-electron chi connectivity index (χ1n) is 4.56. The zero-order valence-electron chi connectivity index (χ0n) is 8.04. The smallest absolute Gasteiger partial charge is 0.123 e. The summed E-state index contributed by atoms with van der Waals surface area (Å²) in [5.74, 6) is 0.322. The molecule has 1 aromatic carbocycles. The predicted octanol–water partition coefficient (Wildman–Crippen LogP) is 2.57. The van der Waals surface area contributed by atoms with Gasteiger partial charge in [0.1, 0.15) is 5.75 Å². The third kappa shape index (κ3) is 1.66. The molecule has 0 heterocycles. The van der Waals surface area contributed by atoms with Gasteiger partial charge in [-0.3, -0.25) is 0 Å². The van der Waals surface area contributed by atoms with Crippen LogP contribution >= 0.6 is 0 Å². The molecule has 0 saturated carbocycles. The normalized spacial score (nSPS) is 11.8. The van der Waals surface area contributed by atoms with Crippen molar-refractivity contribution in [2.45, 2.75) is 20.3 Å². The van der Waals surface area contributed by atoms with Gasteiger partial charge in [-0.1, -0.05) is 26.0 Å². The quantitative estimate of drug-likeness (QED) is 0.472. The molecule has 0 bridgehead atoms. The van der Waals surface area contributed by atoms with E-state index in [1.165, 1.54) is 0 Å². The van der Waals surface area contributed by atoms with Crippen LogP contribution in [0.15, 0.2) is 18.2 Å². The molecule has 0 atom stereocenters. The van der Waals surface area contributed by atoms with Gasteiger partial charge in [0.2, 0.25) is 0 Å². The van der Waals surface area contributed by atoms with E-state index in [9.17, 15) is 5.11 Å². The van der Waals surface area contributed by atoms with Crippen LogP contribution < -0.4 is 5.73 Å². The van der Waals surface area contributed by atoms with Crippen molar-refractivity contribution in [2.75, 3.05) is 5.73 Å². The van der Waals surface area contributed by atoms with Crippen molar-refractivity contribution in [1.82, 2.24) is 0 Å². The maximum absolute atomic E-state index is 9.35. The average Bonchev–Trinajstić information content (AvgIpc) is 2.64. The zero-order chi connectivity index (χ0) is 9.84. The van der Waals surface area contributed by atoms with Crippen molar-refractivity contribution in [1.29, 1.82) is 0 Å². The van der Waals surface area contributed by atoms with Crippen LogP contribution in [0.25, 0.3) is 6.08 Å². The van der Waals surface area contributed by atoms with Crippen LogP contribution in [-0.4, -0.2) is 5.11 Å². The van der Waals surface area contributed by atoms with Crippen molar-refractivity contribution in [3.05, 3.63) is 29.3 Å². The van der Waals surface area contributed by atoms with Crippen LogP contribution in [0.3, 0.4) is 0 Å². The third-order valence-electron chi connectivity index (χ3n) is 1.98. The lowest BCUT2D eigenvalue weighted by Crippen LogP contribution is -1.92. The van der Waals surface area contributed by atoms with Crippen molar-refractivity contribution in [2.24, 2.45) is 0 Å². The van der Waals surface area contributed by atoms with E-state index in [-0.39, 0.29) is 0 Å². The molecule has 2 heteroatoms. The van der Waals surface area contributed by atoms with E-state index in [1.807, 2.05) is 26.0 Å². The summed E-state index contributed by atoms with van der Waals surface area (Å²) in [6.45, 7) is 4.00. The Kier molecular flexibility index (Phi) is 2.96. The molecular weight excluding hydrogens is 162 g/mol. The Morgan fingerprint density at radius 1 is 1.31 bits per heavy atom. The molecule has 70 valence electrons. The third-order valence-corrected chi connectivity index (χ3v) is 1.98. The van der Waals surface area contributed by atoms with Gasteiger partial charge in [-0.15, -0.1) is 0 Å². The second-order valence-electron chi connectivity index (χ2n) is 2.67. The molecule has 0 unspecified atom stereocenters. The maximum Gasteiger partial charge on any atom is 0.123 e.